The third kappa shape index (κ3) is 4.41. The first-order valence-corrected chi connectivity index (χ1v) is 10.7. The molecule has 0 aliphatic carbocycles. The maximum absolute atomic E-state index is 12.8. The zero-order valence-corrected chi connectivity index (χ0v) is 19.1. The Bertz CT molecular complexity index is 1120. The van der Waals surface area contributed by atoms with Crippen LogP contribution >= 0.6 is 0 Å². The fourth-order valence-electron chi connectivity index (χ4n) is 4.24. The van der Waals surface area contributed by atoms with Gasteiger partial charge in [0.2, 0.25) is 0 Å². The van der Waals surface area contributed by atoms with Crippen LogP contribution in [0.1, 0.15) is 54.5 Å². The topological polar surface area (TPSA) is 46.8 Å². The second-order valence-corrected chi connectivity index (χ2v) is 9.43. The second kappa shape index (κ2) is 7.99. The number of alkyl halides is 3. The number of benzene rings is 1. The zero-order chi connectivity index (χ0) is 23.3. The van der Waals surface area contributed by atoms with Crippen molar-refractivity contribution in [1.82, 2.24) is 24.6 Å². The van der Waals surface area contributed by atoms with E-state index in [9.17, 15) is 13.2 Å². The summed E-state index contributed by atoms with van der Waals surface area (Å²) in [5, 5.41) is 4.75. The molecular weight excluding hydrogens is 415 g/mol. The molecule has 0 atom stereocenters. The van der Waals surface area contributed by atoms with Gasteiger partial charge in [-0.2, -0.15) is 18.3 Å². The van der Waals surface area contributed by atoms with Gasteiger partial charge in [-0.15, -0.1) is 0 Å². The highest BCUT2D eigenvalue weighted by Gasteiger charge is 2.30. The molecule has 5 nitrogen and oxygen atoms in total. The van der Waals surface area contributed by atoms with Crippen molar-refractivity contribution in [3.63, 3.8) is 0 Å². The van der Waals surface area contributed by atoms with Crippen molar-refractivity contribution in [3.8, 4) is 11.4 Å². The zero-order valence-electron chi connectivity index (χ0n) is 19.1. The predicted octanol–water partition coefficient (Wildman–Crippen LogP) is 5.29. The number of aryl methyl sites for hydroxylation is 1. The smallest absolute Gasteiger partial charge is 0.294 e. The fourth-order valence-corrected chi connectivity index (χ4v) is 4.24. The van der Waals surface area contributed by atoms with Crippen LogP contribution < -0.4 is 0 Å². The molecule has 0 radical (unpaired) electrons. The third-order valence-electron chi connectivity index (χ3n) is 5.94. The summed E-state index contributed by atoms with van der Waals surface area (Å²) in [6, 6.07) is 5.00. The second-order valence-electron chi connectivity index (χ2n) is 9.43. The van der Waals surface area contributed by atoms with Gasteiger partial charge < -0.3 is 0 Å². The van der Waals surface area contributed by atoms with Gasteiger partial charge in [-0.05, 0) is 46.8 Å². The lowest BCUT2D eigenvalue weighted by Crippen LogP contribution is -2.31. The van der Waals surface area contributed by atoms with Crippen LogP contribution in [0.2, 0.25) is 0 Å². The molecule has 1 aliphatic heterocycles. The van der Waals surface area contributed by atoms with Gasteiger partial charge in [0.1, 0.15) is 0 Å². The molecular formula is C24H28F3N5. The minimum Gasteiger partial charge on any atom is -0.294 e. The van der Waals surface area contributed by atoms with E-state index in [1.807, 2.05) is 0 Å². The van der Waals surface area contributed by atoms with Gasteiger partial charge in [0.15, 0.2) is 5.82 Å². The summed E-state index contributed by atoms with van der Waals surface area (Å²) in [4.78, 5) is 11.5. The molecule has 0 amide bonds. The summed E-state index contributed by atoms with van der Waals surface area (Å²) in [6.07, 6.45) is -1.77. The number of fused-ring (bicyclic) bond motifs is 1. The molecule has 0 N–H and O–H groups in total. The van der Waals surface area contributed by atoms with E-state index in [2.05, 4.69) is 54.2 Å². The molecule has 2 aromatic heterocycles. The monoisotopic (exact) mass is 443 g/mol. The average molecular weight is 444 g/mol. The summed E-state index contributed by atoms with van der Waals surface area (Å²) in [5.41, 5.74) is 5.37. The van der Waals surface area contributed by atoms with E-state index in [0.717, 1.165) is 55.1 Å². The Hall–Kier alpha value is -2.74. The highest BCUT2D eigenvalue weighted by atomic mass is 19.4. The number of nitrogens with zero attached hydrogens (tertiary/aromatic N) is 5. The largest absolute Gasteiger partial charge is 0.416 e. The van der Waals surface area contributed by atoms with Crippen LogP contribution in [0.5, 0.6) is 0 Å². The van der Waals surface area contributed by atoms with Crippen molar-refractivity contribution < 1.29 is 13.2 Å². The molecule has 32 heavy (non-hydrogen) atoms. The van der Waals surface area contributed by atoms with Crippen LogP contribution in [-0.4, -0.2) is 31.2 Å². The lowest BCUT2D eigenvalue weighted by molar-refractivity contribution is -0.137. The number of rotatable bonds is 3. The molecule has 4 rings (SSSR count). The summed E-state index contributed by atoms with van der Waals surface area (Å²) < 4.78 is 40.5. The van der Waals surface area contributed by atoms with E-state index in [4.69, 9.17) is 5.10 Å². The first-order chi connectivity index (χ1) is 14.9. The Labute approximate surface area is 186 Å². The molecule has 170 valence electrons. The average Bonchev–Trinajstić information content (AvgIpc) is 3.01. The number of halogens is 3. The van der Waals surface area contributed by atoms with Crippen molar-refractivity contribution in [1.29, 1.82) is 0 Å². The van der Waals surface area contributed by atoms with Crippen molar-refractivity contribution in [2.24, 2.45) is 0 Å². The van der Waals surface area contributed by atoms with Crippen LogP contribution in [0.25, 0.3) is 11.4 Å². The Morgan fingerprint density at radius 2 is 1.72 bits per heavy atom. The van der Waals surface area contributed by atoms with Crippen LogP contribution in [0.15, 0.2) is 30.5 Å². The van der Waals surface area contributed by atoms with E-state index in [1.54, 1.807) is 6.20 Å². The van der Waals surface area contributed by atoms with Crippen molar-refractivity contribution in [2.75, 3.05) is 6.54 Å². The molecule has 1 aliphatic rings. The highest BCUT2D eigenvalue weighted by Crippen LogP contribution is 2.31. The SMILES string of the molecule is Cc1nn(C(C)(C)C)c(C)c1CN1CCc2nc(-c3ccc(C(F)(F)F)cc3)ncc2C1. The lowest BCUT2D eigenvalue weighted by atomic mass is 10.0. The summed E-state index contributed by atoms with van der Waals surface area (Å²) in [6.45, 7) is 13.0. The molecule has 0 unspecified atom stereocenters. The van der Waals surface area contributed by atoms with E-state index in [0.29, 0.717) is 11.4 Å². The van der Waals surface area contributed by atoms with Crippen molar-refractivity contribution in [2.45, 2.75) is 65.8 Å². The summed E-state index contributed by atoms with van der Waals surface area (Å²) in [5.74, 6) is 0.462. The van der Waals surface area contributed by atoms with Crippen LogP contribution in [-0.2, 0) is 31.2 Å². The Kier molecular flexibility index (Phi) is 5.61. The van der Waals surface area contributed by atoms with Crippen LogP contribution in [0.3, 0.4) is 0 Å². The third-order valence-corrected chi connectivity index (χ3v) is 5.94. The number of aromatic nitrogens is 4. The predicted molar refractivity (Wildman–Crippen MR) is 117 cm³/mol. The Morgan fingerprint density at radius 1 is 1.03 bits per heavy atom. The van der Waals surface area contributed by atoms with E-state index in [1.165, 1.54) is 23.4 Å². The highest BCUT2D eigenvalue weighted by molar-refractivity contribution is 5.56. The van der Waals surface area contributed by atoms with Gasteiger partial charge in [-0.1, -0.05) is 12.1 Å². The lowest BCUT2D eigenvalue weighted by Gasteiger charge is -2.28. The molecule has 8 heteroatoms. The minimum absolute atomic E-state index is 0.0653. The summed E-state index contributed by atoms with van der Waals surface area (Å²) >= 11 is 0. The van der Waals surface area contributed by atoms with Gasteiger partial charge in [-0.3, -0.25) is 9.58 Å². The minimum atomic E-state index is -4.35. The first-order valence-electron chi connectivity index (χ1n) is 10.7. The first kappa shape index (κ1) is 22.5. The normalized spacial score (nSPS) is 15.1. The molecule has 3 heterocycles. The number of hydrogen-bond donors (Lipinski definition) is 0. The Morgan fingerprint density at radius 3 is 2.31 bits per heavy atom. The van der Waals surface area contributed by atoms with Crippen molar-refractivity contribution in [3.05, 3.63) is 64.2 Å². The van der Waals surface area contributed by atoms with E-state index >= 15 is 0 Å². The molecule has 3 aromatic rings. The standard InChI is InChI=1S/C24H28F3N5/c1-15-20(16(2)32(30-15)23(3,4)5)14-31-11-10-21-18(13-31)12-28-22(29-21)17-6-8-19(9-7-17)24(25,26)27/h6-9,12H,10-11,13-14H2,1-5H3. The Balaban J connectivity index is 1.51. The molecule has 1 aromatic carbocycles. The van der Waals surface area contributed by atoms with E-state index in [-0.39, 0.29) is 5.54 Å². The summed E-state index contributed by atoms with van der Waals surface area (Å²) in [7, 11) is 0. The van der Waals surface area contributed by atoms with Gasteiger partial charge in [-0.25, -0.2) is 9.97 Å². The molecule has 0 saturated heterocycles. The fraction of sp³-hybridized carbons (Fsp3) is 0.458. The molecule has 0 fully saturated rings. The maximum Gasteiger partial charge on any atom is 0.416 e. The quantitative estimate of drug-likeness (QED) is 0.552. The maximum atomic E-state index is 12.8. The van der Waals surface area contributed by atoms with Gasteiger partial charge in [0.05, 0.1) is 22.5 Å². The van der Waals surface area contributed by atoms with Gasteiger partial charge >= 0.3 is 6.18 Å². The molecule has 0 spiro atoms. The van der Waals surface area contributed by atoms with E-state index < -0.39 is 11.7 Å². The van der Waals surface area contributed by atoms with Gasteiger partial charge in [0.25, 0.3) is 0 Å². The molecule has 0 saturated carbocycles. The van der Waals surface area contributed by atoms with Gasteiger partial charge in [0, 0.05) is 54.6 Å². The molecule has 0 bridgehead atoms. The number of hydrogen-bond acceptors (Lipinski definition) is 4. The van der Waals surface area contributed by atoms with Crippen LogP contribution in [0, 0.1) is 13.8 Å². The van der Waals surface area contributed by atoms with Crippen LogP contribution in [0.4, 0.5) is 13.2 Å². The van der Waals surface area contributed by atoms with Crippen molar-refractivity contribution >= 4 is 0 Å².